The second-order valence-electron chi connectivity index (χ2n) is 4.24. The molecule has 0 bridgehead atoms. The van der Waals surface area contributed by atoms with Gasteiger partial charge in [0.15, 0.2) is 17.5 Å². The minimum Gasteiger partial charge on any atom is -0.466 e. The number of halogens is 3. The summed E-state index contributed by atoms with van der Waals surface area (Å²) in [5.74, 6) is -6.05. The number of rotatable bonds is 4. The van der Waals surface area contributed by atoms with Gasteiger partial charge in [-0.3, -0.25) is 4.79 Å². The predicted octanol–water partition coefficient (Wildman–Crippen LogP) is 3.41. The van der Waals surface area contributed by atoms with Crippen LogP contribution in [0.4, 0.5) is 13.2 Å². The van der Waals surface area contributed by atoms with Crippen molar-refractivity contribution in [3.63, 3.8) is 0 Å². The van der Waals surface area contributed by atoms with Gasteiger partial charge in [-0.25, -0.2) is 13.2 Å². The molecule has 0 amide bonds. The quantitative estimate of drug-likeness (QED) is 0.612. The van der Waals surface area contributed by atoms with Crippen molar-refractivity contribution in [2.75, 3.05) is 6.61 Å². The average Bonchev–Trinajstić information content (AvgIpc) is 2.29. The van der Waals surface area contributed by atoms with E-state index in [1.807, 2.05) is 0 Å². The molecular formula is C13H15F3O2. The molecule has 0 heterocycles. The van der Waals surface area contributed by atoms with Crippen LogP contribution < -0.4 is 0 Å². The smallest absolute Gasteiger partial charge is 0.313 e. The fourth-order valence-electron chi connectivity index (χ4n) is 1.77. The molecule has 0 aliphatic carbocycles. The Kier molecular flexibility index (Phi) is 4.76. The predicted molar refractivity (Wildman–Crippen MR) is 60.5 cm³/mol. The molecule has 0 N–H and O–H groups in total. The summed E-state index contributed by atoms with van der Waals surface area (Å²) in [6, 6.07) is 1.89. The largest absolute Gasteiger partial charge is 0.466 e. The molecule has 1 aromatic rings. The molecule has 0 aliphatic rings. The molecule has 1 unspecified atom stereocenters. The van der Waals surface area contributed by atoms with E-state index in [9.17, 15) is 18.0 Å². The van der Waals surface area contributed by atoms with Crippen LogP contribution in [0.1, 0.15) is 32.3 Å². The van der Waals surface area contributed by atoms with Gasteiger partial charge in [-0.2, -0.15) is 0 Å². The van der Waals surface area contributed by atoms with Crippen molar-refractivity contribution in [3.05, 3.63) is 35.1 Å². The lowest BCUT2D eigenvalue weighted by molar-refractivity contribution is -0.146. The standard InChI is InChI=1S/C13H15F3O2/c1-4-18-13(17)10(7(2)3)8-5-6-9(14)12(16)11(8)15/h5-7,10H,4H2,1-3H3. The minimum absolute atomic E-state index is 0.146. The zero-order valence-electron chi connectivity index (χ0n) is 10.5. The fourth-order valence-corrected chi connectivity index (χ4v) is 1.77. The van der Waals surface area contributed by atoms with Crippen LogP contribution in [0, 0.1) is 23.4 Å². The van der Waals surface area contributed by atoms with Crippen molar-refractivity contribution in [2.45, 2.75) is 26.7 Å². The van der Waals surface area contributed by atoms with Gasteiger partial charge < -0.3 is 4.74 Å². The van der Waals surface area contributed by atoms with E-state index in [4.69, 9.17) is 4.74 Å². The number of benzene rings is 1. The van der Waals surface area contributed by atoms with E-state index in [1.54, 1.807) is 20.8 Å². The number of esters is 1. The summed E-state index contributed by atoms with van der Waals surface area (Å²) in [7, 11) is 0. The molecule has 0 spiro atoms. The fraction of sp³-hybridized carbons (Fsp3) is 0.462. The highest BCUT2D eigenvalue weighted by Gasteiger charge is 2.30. The summed E-state index contributed by atoms with van der Waals surface area (Å²) < 4.78 is 44.5. The van der Waals surface area contributed by atoms with E-state index in [0.717, 1.165) is 12.1 Å². The Labute approximate surface area is 104 Å². The molecule has 0 saturated carbocycles. The van der Waals surface area contributed by atoms with Gasteiger partial charge in [0.25, 0.3) is 0 Å². The average molecular weight is 260 g/mol. The van der Waals surface area contributed by atoms with Gasteiger partial charge in [0.05, 0.1) is 12.5 Å². The van der Waals surface area contributed by atoms with Crippen molar-refractivity contribution in [2.24, 2.45) is 5.92 Å². The topological polar surface area (TPSA) is 26.3 Å². The van der Waals surface area contributed by atoms with E-state index >= 15 is 0 Å². The maximum Gasteiger partial charge on any atom is 0.313 e. The SMILES string of the molecule is CCOC(=O)C(c1ccc(F)c(F)c1F)C(C)C. The Balaban J connectivity index is 3.23. The third kappa shape index (κ3) is 2.83. The Hall–Kier alpha value is -1.52. The van der Waals surface area contributed by atoms with E-state index in [2.05, 4.69) is 0 Å². The number of carbonyl (C=O) groups excluding carboxylic acids is 1. The molecule has 18 heavy (non-hydrogen) atoms. The van der Waals surface area contributed by atoms with Crippen LogP contribution in [0.5, 0.6) is 0 Å². The maximum absolute atomic E-state index is 13.7. The van der Waals surface area contributed by atoms with Crippen LogP contribution in [0.15, 0.2) is 12.1 Å². The normalized spacial score (nSPS) is 12.6. The van der Waals surface area contributed by atoms with Gasteiger partial charge in [0.2, 0.25) is 0 Å². The summed E-state index contributed by atoms with van der Waals surface area (Å²) in [5, 5.41) is 0. The number of ether oxygens (including phenoxy) is 1. The van der Waals surface area contributed by atoms with Crippen LogP contribution in [-0.4, -0.2) is 12.6 Å². The van der Waals surface area contributed by atoms with Gasteiger partial charge in [-0.1, -0.05) is 19.9 Å². The molecular weight excluding hydrogens is 245 g/mol. The first-order chi connectivity index (χ1) is 8.40. The van der Waals surface area contributed by atoms with Crippen molar-refractivity contribution >= 4 is 5.97 Å². The van der Waals surface area contributed by atoms with E-state index in [-0.39, 0.29) is 18.1 Å². The minimum atomic E-state index is -1.57. The Bertz CT molecular complexity index is 444. The molecule has 5 heteroatoms. The highest BCUT2D eigenvalue weighted by molar-refractivity contribution is 5.78. The lowest BCUT2D eigenvalue weighted by atomic mass is 9.88. The first-order valence-electron chi connectivity index (χ1n) is 5.70. The molecule has 1 atom stereocenters. The van der Waals surface area contributed by atoms with Gasteiger partial charge in [0.1, 0.15) is 0 Å². The zero-order chi connectivity index (χ0) is 13.9. The highest BCUT2D eigenvalue weighted by Crippen LogP contribution is 2.29. The first kappa shape index (κ1) is 14.5. The van der Waals surface area contributed by atoms with Crippen molar-refractivity contribution in [1.29, 1.82) is 0 Å². The van der Waals surface area contributed by atoms with Gasteiger partial charge in [-0.15, -0.1) is 0 Å². The van der Waals surface area contributed by atoms with Gasteiger partial charge >= 0.3 is 5.97 Å². The van der Waals surface area contributed by atoms with Crippen LogP contribution in [0.25, 0.3) is 0 Å². The Morgan fingerprint density at radius 2 is 1.83 bits per heavy atom. The van der Waals surface area contributed by atoms with Crippen LogP contribution >= 0.6 is 0 Å². The first-order valence-corrected chi connectivity index (χ1v) is 5.70. The van der Waals surface area contributed by atoms with Crippen molar-refractivity contribution in [1.82, 2.24) is 0 Å². The van der Waals surface area contributed by atoms with Crippen LogP contribution in [0.3, 0.4) is 0 Å². The summed E-state index contributed by atoms with van der Waals surface area (Å²) in [4.78, 5) is 11.7. The third-order valence-corrected chi connectivity index (χ3v) is 2.61. The lowest BCUT2D eigenvalue weighted by Crippen LogP contribution is -2.22. The molecule has 0 radical (unpaired) electrons. The van der Waals surface area contributed by atoms with E-state index in [0.29, 0.717) is 0 Å². The summed E-state index contributed by atoms with van der Waals surface area (Å²) in [6.45, 7) is 5.13. The van der Waals surface area contributed by atoms with Crippen molar-refractivity contribution in [3.8, 4) is 0 Å². The Morgan fingerprint density at radius 1 is 1.22 bits per heavy atom. The lowest BCUT2D eigenvalue weighted by Gasteiger charge is -2.20. The number of hydrogen-bond acceptors (Lipinski definition) is 2. The summed E-state index contributed by atoms with van der Waals surface area (Å²) >= 11 is 0. The van der Waals surface area contributed by atoms with E-state index < -0.39 is 29.3 Å². The van der Waals surface area contributed by atoms with Gasteiger partial charge in [0, 0.05) is 5.56 Å². The summed E-state index contributed by atoms with van der Waals surface area (Å²) in [5.41, 5.74) is -0.178. The van der Waals surface area contributed by atoms with Gasteiger partial charge in [-0.05, 0) is 18.9 Å². The molecule has 1 aromatic carbocycles. The molecule has 2 nitrogen and oxygen atoms in total. The third-order valence-electron chi connectivity index (χ3n) is 2.61. The second-order valence-corrected chi connectivity index (χ2v) is 4.24. The monoisotopic (exact) mass is 260 g/mol. The molecule has 0 aromatic heterocycles. The molecule has 0 aliphatic heterocycles. The second kappa shape index (κ2) is 5.89. The van der Waals surface area contributed by atoms with Crippen LogP contribution in [0.2, 0.25) is 0 Å². The zero-order valence-corrected chi connectivity index (χ0v) is 10.5. The molecule has 0 fully saturated rings. The Morgan fingerprint density at radius 3 is 2.33 bits per heavy atom. The van der Waals surface area contributed by atoms with Crippen LogP contribution in [-0.2, 0) is 9.53 Å². The highest BCUT2D eigenvalue weighted by atomic mass is 19.2. The maximum atomic E-state index is 13.7. The number of carbonyl (C=O) groups is 1. The molecule has 1 rings (SSSR count). The van der Waals surface area contributed by atoms with Crippen molar-refractivity contribution < 1.29 is 22.7 Å². The summed E-state index contributed by atoms with van der Waals surface area (Å²) in [6.07, 6.45) is 0. The molecule has 100 valence electrons. The van der Waals surface area contributed by atoms with E-state index in [1.165, 1.54) is 0 Å². The number of hydrogen-bond donors (Lipinski definition) is 0. The molecule has 0 saturated heterocycles.